The highest BCUT2D eigenvalue weighted by Crippen LogP contribution is 2.35. The van der Waals surface area contributed by atoms with Crippen LogP contribution in [-0.4, -0.2) is 50.4 Å². The molecular formula is C32H48N4O3. The van der Waals surface area contributed by atoms with E-state index in [0.717, 1.165) is 70.3 Å². The molecule has 0 amide bonds. The maximum Gasteiger partial charge on any atom is 0.164 e. The Balaban J connectivity index is 0.000000252. The molecule has 1 aliphatic carbocycles. The van der Waals surface area contributed by atoms with Gasteiger partial charge < -0.3 is 24.4 Å². The summed E-state index contributed by atoms with van der Waals surface area (Å²) in [6, 6.07) is 12.1. The van der Waals surface area contributed by atoms with Gasteiger partial charge in [0, 0.05) is 37.7 Å². The lowest BCUT2D eigenvalue weighted by Gasteiger charge is -2.26. The van der Waals surface area contributed by atoms with Crippen molar-refractivity contribution in [1.82, 2.24) is 15.3 Å². The zero-order valence-corrected chi connectivity index (χ0v) is 25.0. The first-order chi connectivity index (χ1) is 18.9. The van der Waals surface area contributed by atoms with Crippen molar-refractivity contribution in [1.29, 1.82) is 0 Å². The van der Waals surface area contributed by atoms with Crippen LogP contribution in [0.3, 0.4) is 0 Å². The van der Waals surface area contributed by atoms with Crippen molar-refractivity contribution in [2.45, 2.75) is 66.8 Å². The highest BCUT2D eigenvalue weighted by Gasteiger charge is 2.18. The third-order valence-electron chi connectivity index (χ3n) is 7.03. The van der Waals surface area contributed by atoms with E-state index in [1.807, 2.05) is 77.0 Å². The van der Waals surface area contributed by atoms with E-state index in [2.05, 4.69) is 28.3 Å². The van der Waals surface area contributed by atoms with Gasteiger partial charge in [0.2, 0.25) is 0 Å². The van der Waals surface area contributed by atoms with Crippen molar-refractivity contribution in [2.24, 2.45) is 11.8 Å². The second kappa shape index (κ2) is 15.5. The zero-order valence-electron chi connectivity index (χ0n) is 25.0. The summed E-state index contributed by atoms with van der Waals surface area (Å²) in [6.07, 6.45) is 5.43. The lowest BCUT2D eigenvalue weighted by Crippen LogP contribution is -2.26. The van der Waals surface area contributed by atoms with E-state index in [1.165, 1.54) is 25.7 Å². The Labute approximate surface area is 235 Å². The van der Waals surface area contributed by atoms with Crippen LogP contribution in [0.4, 0.5) is 5.82 Å². The van der Waals surface area contributed by atoms with E-state index < -0.39 is 0 Å². The average Bonchev–Trinajstić information content (AvgIpc) is 2.92. The SMILES string of the molecule is CCOc1cc(OCC)c(OCC)cc1CNCC1CCC(C)CC1.Cc1nc(N(C)C)c2ccccc2n1. The van der Waals surface area contributed by atoms with Crippen LogP contribution in [0.15, 0.2) is 36.4 Å². The largest absolute Gasteiger partial charge is 0.493 e. The van der Waals surface area contributed by atoms with Crippen molar-refractivity contribution < 1.29 is 14.2 Å². The van der Waals surface area contributed by atoms with E-state index >= 15 is 0 Å². The molecule has 1 fully saturated rings. The number of hydrogen-bond acceptors (Lipinski definition) is 7. The molecule has 7 heteroatoms. The van der Waals surface area contributed by atoms with Crippen molar-refractivity contribution in [3.8, 4) is 17.2 Å². The molecule has 0 spiro atoms. The number of para-hydroxylation sites is 1. The normalized spacial score (nSPS) is 16.8. The van der Waals surface area contributed by atoms with Gasteiger partial charge in [-0.2, -0.15) is 0 Å². The van der Waals surface area contributed by atoms with Crippen LogP contribution in [0, 0.1) is 18.8 Å². The Morgan fingerprint density at radius 2 is 1.46 bits per heavy atom. The third-order valence-corrected chi connectivity index (χ3v) is 7.03. The standard InChI is InChI=1S/C21H35NO3.C11H13N3/c1-5-23-19-13-21(25-7-3)20(24-6-2)12-18(19)15-22-14-17-10-8-16(4)9-11-17;1-8-12-10-7-5-4-6-9(10)11(13-8)14(2)3/h12-13,16-17,22H,5-11,14-15H2,1-4H3;4-7H,1-3H3. The van der Waals surface area contributed by atoms with Crippen LogP contribution < -0.4 is 24.4 Å². The van der Waals surface area contributed by atoms with Crippen molar-refractivity contribution in [2.75, 3.05) is 45.4 Å². The van der Waals surface area contributed by atoms with E-state index in [4.69, 9.17) is 14.2 Å². The molecule has 39 heavy (non-hydrogen) atoms. The second-order valence-electron chi connectivity index (χ2n) is 10.5. The van der Waals surface area contributed by atoms with Gasteiger partial charge in [0.05, 0.1) is 25.3 Å². The number of hydrogen-bond donors (Lipinski definition) is 1. The summed E-state index contributed by atoms with van der Waals surface area (Å²) in [7, 11) is 3.99. The Hall–Kier alpha value is -3.06. The Bertz CT molecular complexity index is 1160. The number of nitrogens with zero attached hydrogens (tertiary/aromatic N) is 3. The van der Waals surface area contributed by atoms with Gasteiger partial charge in [0.25, 0.3) is 0 Å². The summed E-state index contributed by atoms with van der Waals surface area (Å²) in [5.74, 6) is 5.95. The first-order valence-electron chi connectivity index (χ1n) is 14.5. The van der Waals surface area contributed by atoms with Gasteiger partial charge in [-0.05, 0) is 77.1 Å². The maximum absolute atomic E-state index is 5.84. The fraction of sp³-hybridized carbons (Fsp3) is 0.562. The molecule has 1 saturated carbocycles. The number of aryl methyl sites for hydroxylation is 1. The van der Waals surface area contributed by atoms with Crippen molar-refractivity contribution in [3.05, 3.63) is 47.8 Å². The molecule has 7 nitrogen and oxygen atoms in total. The molecule has 0 unspecified atom stereocenters. The van der Waals surface area contributed by atoms with Crippen molar-refractivity contribution in [3.63, 3.8) is 0 Å². The maximum atomic E-state index is 5.84. The van der Waals surface area contributed by atoms with Crippen LogP contribution in [-0.2, 0) is 6.54 Å². The summed E-state index contributed by atoms with van der Waals surface area (Å²) in [4.78, 5) is 10.8. The summed E-state index contributed by atoms with van der Waals surface area (Å²) in [5, 5.41) is 4.73. The van der Waals surface area contributed by atoms with Gasteiger partial charge in [0.1, 0.15) is 17.4 Å². The van der Waals surface area contributed by atoms with E-state index in [0.29, 0.717) is 19.8 Å². The summed E-state index contributed by atoms with van der Waals surface area (Å²) < 4.78 is 17.3. The first kappa shape index (κ1) is 30.5. The minimum absolute atomic E-state index is 0.614. The minimum Gasteiger partial charge on any atom is -0.493 e. The zero-order chi connectivity index (χ0) is 28.2. The van der Waals surface area contributed by atoms with Crippen LogP contribution >= 0.6 is 0 Å². The fourth-order valence-electron chi connectivity index (χ4n) is 5.01. The van der Waals surface area contributed by atoms with E-state index in [-0.39, 0.29) is 0 Å². The number of aromatic nitrogens is 2. The van der Waals surface area contributed by atoms with E-state index in [9.17, 15) is 0 Å². The molecular weight excluding hydrogens is 488 g/mol. The molecule has 4 rings (SSSR count). The minimum atomic E-state index is 0.614. The number of fused-ring (bicyclic) bond motifs is 1. The lowest BCUT2D eigenvalue weighted by molar-refractivity contribution is 0.277. The van der Waals surface area contributed by atoms with Gasteiger partial charge in [0.15, 0.2) is 11.5 Å². The number of ether oxygens (including phenoxy) is 3. The molecule has 0 saturated heterocycles. The van der Waals surface area contributed by atoms with Crippen LogP contribution in [0.2, 0.25) is 0 Å². The quantitative estimate of drug-likeness (QED) is 0.289. The molecule has 3 aromatic rings. The molecule has 1 N–H and O–H groups in total. The Morgan fingerprint density at radius 1 is 0.846 bits per heavy atom. The Kier molecular flexibility index (Phi) is 12.1. The molecule has 214 valence electrons. The van der Waals surface area contributed by atoms with Gasteiger partial charge in [-0.3, -0.25) is 0 Å². The number of anilines is 1. The third kappa shape index (κ3) is 8.99. The van der Waals surface area contributed by atoms with Crippen LogP contribution in [0.5, 0.6) is 17.2 Å². The van der Waals surface area contributed by atoms with Gasteiger partial charge in [-0.15, -0.1) is 0 Å². The molecule has 0 atom stereocenters. The monoisotopic (exact) mass is 536 g/mol. The van der Waals surface area contributed by atoms with Gasteiger partial charge in [-0.1, -0.05) is 31.9 Å². The molecule has 0 bridgehead atoms. The summed E-state index contributed by atoms with van der Waals surface area (Å²) in [5.41, 5.74) is 2.14. The molecule has 1 aliphatic rings. The summed E-state index contributed by atoms with van der Waals surface area (Å²) >= 11 is 0. The molecule has 2 aromatic carbocycles. The molecule has 1 aromatic heterocycles. The lowest BCUT2D eigenvalue weighted by atomic mass is 9.83. The molecule has 1 heterocycles. The highest BCUT2D eigenvalue weighted by atomic mass is 16.5. The van der Waals surface area contributed by atoms with Crippen molar-refractivity contribution >= 4 is 16.7 Å². The van der Waals surface area contributed by atoms with Gasteiger partial charge in [-0.25, -0.2) is 9.97 Å². The topological polar surface area (TPSA) is 68.7 Å². The highest BCUT2D eigenvalue weighted by molar-refractivity contribution is 5.89. The number of benzene rings is 2. The Morgan fingerprint density at radius 3 is 2.10 bits per heavy atom. The first-order valence-corrected chi connectivity index (χ1v) is 14.5. The average molecular weight is 537 g/mol. The summed E-state index contributed by atoms with van der Waals surface area (Å²) in [6.45, 7) is 14.0. The smallest absolute Gasteiger partial charge is 0.164 e. The van der Waals surface area contributed by atoms with Crippen LogP contribution in [0.25, 0.3) is 10.9 Å². The number of rotatable bonds is 11. The van der Waals surface area contributed by atoms with Gasteiger partial charge >= 0.3 is 0 Å². The predicted molar refractivity (Wildman–Crippen MR) is 161 cm³/mol. The van der Waals surface area contributed by atoms with E-state index in [1.54, 1.807) is 0 Å². The number of nitrogens with one attached hydrogen (secondary N) is 1. The fourth-order valence-corrected chi connectivity index (χ4v) is 5.01. The predicted octanol–water partition coefficient (Wildman–Crippen LogP) is 6.80. The molecule has 0 radical (unpaired) electrons. The second-order valence-corrected chi connectivity index (χ2v) is 10.5. The van der Waals surface area contributed by atoms with Crippen LogP contribution in [0.1, 0.15) is 64.8 Å². The molecule has 0 aliphatic heterocycles.